The number of fused-ring (bicyclic) bond motifs is 1. The highest BCUT2D eigenvalue weighted by Crippen LogP contribution is 2.23. The summed E-state index contributed by atoms with van der Waals surface area (Å²) in [6.07, 6.45) is 0.418. The number of rotatable bonds is 5. The van der Waals surface area contributed by atoms with Crippen molar-refractivity contribution in [1.82, 2.24) is 14.5 Å². The molecule has 5 nitrogen and oxygen atoms in total. The van der Waals surface area contributed by atoms with Crippen molar-refractivity contribution in [2.45, 2.75) is 33.2 Å². The maximum absolute atomic E-state index is 13.2. The molecule has 0 aliphatic rings. The summed E-state index contributed by atoms with van der Waals surface area (Å²) in [7, 11) is 0. The SMILES string of the molecule is CCC(=O)N(CC)C(C)c1nc2ccccc2c(=O)n1-c1ccccc1. The molecule has 0 fully saturated rings. The number of nitrogens with zero attached hydrogens (tertiary/aromatic N) is 3. The van der Waals surface area contributed by atoms with Gasteiger partial charge >= 0.3 is 0 Å². The Kier molecular flexibility index (Phi) is 5.16. The van der Waals surface area contributed by atoms with Gasteiger partial charge in [-0.1, -0.05) is 37.3 Å². The van der Waals surface area contributed by atoms with Gasteiger partial charge in [-0.15, -0.1) is 0 Å². The Bertz CT molecular complexity index is 979. The van der Waals surface area contributed by atoms with Crippen molar-refractivity contribution in [2.75, 3.05) is 6.54 Å². The van der Waals surface area contributed by atoms with Crippen LogP contribution in [0.4, 0.5) is 0 Å². The third-order valence-corrected chi connectivity index (χ3v) is 4.62. The van der Waals surface area contributed by atoms with E-state index in [2.05, 4.69) is 0 Å². The van der Waals surface area contributed by atoms with E-state index in [4.69, 9.17) is 4.98 Å². The van der Waals surface area contributed by atoms with E-state index in [1.54, 1.807) is 15.5 Å². The van der Waals surface area contributed by atoms with Gasteiger partial charge in [0.2, 0.25) is 5.91 Å². The summed E-state index contributed by atoms with van der Waals surface area (Å²) in [6.45, 7) is 6.27. The highest BCUT2D eigenvalue weighted by Gasteiger charge is 2.24. The second-order valence-corrected chi connectivity index (χ2v) is 6.17. The smallest absolute Gasteiger partial charge is 0.266 e. The number of amides is 1. The molecule has 26 heavy (non-hydrogen) atoms. The molecule has 0 spiro atoms. The zero-order chi connectivity index (χ0) is 18.7. The topological polar surface area (TPSA) is 55.2 Å². The Hall–Kier alpha value is -2.95. The lowest BCUT2D eigenvalue weighted by molar-refractivity contribution is -0.132. The fourth-order valence-corrected chi connectivity index (χ4v) is 3.27. The second-order valence-electron chi connectivity index (χ2n) is 6.17. The van der Waals surface area contributed by atoms with E-state index >= 15 is 0 Å². The number of hydrogen-bond acceptors (Lipinski definition) is 3. The van der Waals surface area contributed by atoms with Crippen molar-refractivity contribution in [3.63, 3.8) is 0 Å². The van der Waals surface area contributed by atoms with Crippen LogP contribution >= 0.6 is 0 Å². The van der Waals surface area contributed by atoms with E-state index in [0.717, 1.165) is 5.69 Å². The molecule has 3 aromatic rings. The molecule has 0 N–H and O–H groups in total. The second kappa shape index (κ2) is 7.52. The molecule has 1 atom stereocenters. The summed E-state index contributed by atoms with van der Waals surface area (Å²) in [5.41, 5.74) is 1.27. The van der Waals surface area contributed by atoms with E-state index in [0.29, 0.717) is 29.7 Å². The quantitative estimate of drug-likeness (QED) is 0.706. The molecular weight excluding hydrogens is 326 g/mol. The number of carbonyl (C=O) groups is 1. The molecule has 5 heteroatoms. The minimum atomic E-state index is -0.315. The standard InChI is InChI=1S/C21H23N3O2/c1-4-19(25)23(5-2)15(3)20-22-18-14-10-9-13-17(18)21(26)24(20)16-11-7-6-8-12-16/h6-15H,4-5H2,1-3H3. The molecule has 0 aliphatic heterocycles. The molecule has 3 rings (SSSR count). The van der Waals surface area contributed by atoms with E-state index < -0.39 is 0 Å². The number of hydrogen-bond donors (Lipinski definition) is 0. The third kappa shape index (κ3) is 3.12. The number of benzene rings is 2. The van der Waals surface area contributed by atoms with Gasteiger partial charge < -0.3 is 4.90 Å². The summed E-state index contributed by atoms with van der Waals surface area (Å²) in [5, 5.41) is 0.567. The van der Waals surface area contributed by atoms with Crippen LogP contribution in [0.1, 0.15) is 39.1 Å². The van der Waals surface area contributed by atoms with Crippen molar-refractivity contribution in [1.29, 1.82) is 0 Å². The fraction of sp³-hybridized carbons (Fsp3) is 0.286. The van der Waals surface area contributed by atoms with E-state index in [1.165, 1.54) is 0 Å². The molecule has 0 bridgehead atoms. The predicted molar refractivity (Wildman–Crippen MR) is 103 cm³/mol. The number of para-hydroxylation sites is 2. The summed E-state index contributed by atoms with van der Waals surface area (Å²) >= 11 is 0. The average molecular weight is 349 g/mol. The number of aromatic nitrogens is 2. The first-order chi connectivity index (χ1) is 12.6. The van der Waals surface area contributed by atoms with E-state index in [9.17, 15) is 9.59 Å². The molecule has 0 saturated carbocycles. The van der Waals surface area contributed by atoms with Crippen LogP contribution in [-0.4, -0.2) is 26.9 Å². The van der Waals surface area contributed by atoms with Gasteiger partial charge in [0.1, 0.15) is 5.82 Å². The maximum Gasteiger partial charge on any atom is 0.266 e. The summed E-state index contributed by atoms with van der Waals surface area (Å²) in [5.74, 6) is 0.616. The van der Waals surface area contributed by atoms with Crippen LogP contribution in [-0.2, 0) is 4.79 Å². The van der Waals surface area contributed by atoms with Gasteiger partial charge in [0.25, 0.3) is 5.56 Å². The van der Waals surface area contributed by atoms with Gasteiger partial charge in [0, 0.05) is 13.0 Å². The van der Waals surface area contributed by atoms with Crippen molar-refractivity contribution in [3.05, 3.63) is 70.8 Å². The fourth-order valence-electron chi connectivity index (χ4n) is 3.27. The molecule has 0 aliphatic carbocycles. The van der Waals surface area contributed by atoms with Gasteiger partial charge in [0.15, 0.2) is 0 Å². The van der Waals surface area contributed by atoms with Crippen molar-refractivity contribution in [2.24, 2.45) is 0 Å². The van der Waals surface area contributed by atoms with Crippen LogP contribution in [0, 0.1) is 0 Å². The van der Waals surface area contributed by atoms with Gasteiger partial charge in [-0.05, 0) is 38.1 Å². The molecule has 1 amide bonds. The van der Waals surface area contributed by atoms with Gasteiger partial charge in [0.05, 0.1) is 22.6 Å². The lowest BCUT2D eigenvalue weighted by Crippen LogP contribution is -2.37. The first-order valence-electron chi connectivity index (χ1n) is 8.95. The van der Waals surface area contributed by atoms with Crippen molar-refractivity contribution < 1.29 is 4.79 Å². The van der Waals surface area contributed by atoms with Crippen LogP contribution in [0.25, 0.3) is 16.6 Å². The molecule has 1 heterocycles. The van der Waals surface area contributed by atoms with E-state index in [-0.39, 0.29) is 17.5 Å². The summed E-state index contributed by atoms with van der Waals surface area (Å²) < 4.78 is 1.62. The third-order valence-electron chi connectivity index (χ3n) is 4.62. The molecule has 2 aromatic carbocycles. The molecule has 0 saturated heterocycles. The monoisotopic (exact) mass is 349 g/mol. The average Bonchev–Trinajstić information content (AvgIpc) is 2.68. The molecule has 1 aromatic heterocycles. The minimum absolute atomic E-state index is 0.0435. The normalized spacial score (nSPS) is 12.1. The Morgan fingerprint density at radius 1 is 1.08 bits per heavy atom. The van der Waals surface area contributed by atoms with Crippen LogP contribution < -0.4 is 5.56 Å². The maximum atomic E-state index is 13.2. The highest BCUT2D eigenvalue weighted by atomic mass is 16.2. The van der Waals surface area contributed by atoms with Crippen molar-refractivity contribution >= 4 is 16.8 Å². The summed E-state index contributed by atoms with van der Waals surface area (Å²) in [6, 6.07) is 16.5. The number of carbonyl (C=O) groups excluding carboxylic acids is 1. The first-order valence-corrected chi connectivity index (χ1v) is 8.95. The highest BCUT2D eigenvalue weighted by molar-refractivity contribution is 5.78. The van der Waals surface area contributed by atoms with Crippen molar-refractivity contribution in [3.8, 4) is 5.69 Å². The lowest BCUT2D eigenvalue weighted by atomic mass is 10.1. The molecular formula is C21H23N3O2. The molecule has 134 valence electrons. The lowest BCUT2D eigenvalue weighted by Gasteiger charge is -2.29. The van der Waals surface area contributed by atoms with Crippen LogP contribution in [0.2, 0.25) is 0 Å². The summed E-state index contributed by atoms with van der Waals surface area (Å²) in [4.78, 5) is 32.1. The Labute approximate surface area is 152 Å². The van der Waals surface area contributed by atoms with Crippen LogP contribution in [0.15, 0.2) is 59.4 Å². The Balaban J connectivity index is 2.29. The van der Waals surface area contributed by atoms with E-state index in [1.807, 2.05) is 69.3 Å². The van der Waals surface area contributed by atoms with Crippen LogP contribution in [0.5, 0.6) is 0 Å². The first kappa shape index (κ1) is 17.9. The van der Waals surface area contributed by atoms with Crippen LogP contribution in [0.3, 0.4) is 0 Å². The van der Waals surface area contributed by atoms with Gasteiger partial charge in [-0.3, -0.25) is 14.2 Å². The molecule has 1 unspecified atom stereocenters. The van der Waals surface area contributed by atoms with Gasteiger partial charge in [-0.25, -0.2) is 4.98 Å². The predicted octanol–water partition coefficient (Wildman–Crippen LogP) is 3.71. The molecule has 0 radical (unpaired) electrons. The Morgan fingerprint density at radius 3 is 2.38 bits per heavy atom. The largest absolute Gasteiger partial charge is 0.333 e. The minimum Gasteiger partial charge on any atom is -0.333 e. The zero-order valence-electron chi connectivity index (χ0n) is 15.3. The van der Waals surface area contributed by atoms with Gasteiger partial charge in [-0.2, -0.15) is 0 Å². The zero-order valence-corrected chi connectivity index (χ0v) is 15.3. The Morgan fingerprint density at radius 2 is 1.73 bits per heavy atom.